The van der Waals surface area contributed by atoms with E-state index in [1.165, 1.54) is 13.0 Å². The minimum atomic E-state index is -0.351. The van der Waals surface area contributed by atoms with E-state index in [4.69, 9.17) is 0 Å². The first-order chi connectivity index (χ1) is 8.15. The van der Waals surface area contributed by atoms with E-state index in [0.29, 0.717) is 17.8 Å². The number of carbonyl (C=O) groups excluding carboxylic acids is 1. The summed E-state index contributed by atoms with van der Waals surface area (Å²) in [6.45, 7) is 1.78. The van der Waals surface area contributed by atoms with Crippen LogP contribution >= 0.6 is 0 Å². The van der Waals surface area contributed by atoms with Gasteiger partial charge in [0.2, 0.25) is 0 Å². The van der Waals surface area contributed by atoms with Crippen molar-refractivity contribution in [2.45, 2.75) is 19.9 Å². The van der Waals surface area contributed by atoms with Crippen LogP contribution in [0.4, 0.5) is 4.39 Å². The maximum absolute atomic E-state index is 13.3. The molecule has 0 spiro atoms. The molecule has 0 atom stereocenters. The van der Waals surface area contributed by atoms with Gasteiger partial charge in [0.1, 0.15) is 11.6 Å². The second-order valence-electron chi connectivity index (χ2n) is 3.82. The van der Waals surface area contributed by atoms with Gasteiger partial charge in [-0.05, 0) is 25.1 Å². The van der Waals surface area contributed by atoms with E-state index in [1.54, 1.807) is 29.2 Å². The van der Waals surface area contributed by atoms with Gasteiger partial charge in [-0.3, -0.25) is 14.5 Å². The summed E-state index contributed by atoms with van der Waals surface area (Å²) in [5.41, 5.74) is 1.03. The number of aromatic nitrogens is 3. The van der Waals surface area contributed by atoms with Crippen molar-refractivity contribution in [1.82, 2.24) is 14.8 Å². The maximum Gasteiger partial charge on any atom is 0.146 e. The van der Waals surface area contributed by atoms with E-state index < -0.39 is 0 Å². The number of Topliss-reactive ketones (excluding diaryl/α,β-unsaturated/α-hetero) is 1. The molecule has 17 heavy (non-hydrogen) atoms. The highest BCUT2D eigenvalue weighted by molar-refractivity contribution is 5.77. The van der Waals surface area contributed by atoms with Gasteiger partial charge in [-0.2, -0.15) is 5.10 Å². The number of halogens is 1. The average Bonchev–Trinajstić information content (AvgIpc) is 2.68. The molecule has 0 aliphatic carbocycles. The summed E-state index contributed by atoms with van der Waals surface area (Å²) in [5.74, 6) is -0.296. The normalized spacial score (nSPS) is 10.5. The molecule has 0 N–H and O–H groups in total. The Balaban J connectivity index is 2.12. The van der Waals surface area contributed by atoms with Crippen LogP contribution in [-0.4, -0.2) is 20.5 Å². The van der Waals surface area contributed by atoms with Gasteiger partial charge in [0.25, 0.3) is 0 Å². The Kier molecular flexibility index (Phi) is 3.27. The van der Waals surface area contributed by atoms with Gasteiger partial charge in [-0.25, -0.2) is 4.39 Å². The molecule has 88 valence electrons. The minimum absolute atomic E-state index is 0.0549. The lowest BCUT2D eigenvalue weighted by Gasteiger charge is -2.01. The monoisotopic (exact) mass is 233 g/mol. The van der Waals surface area contributed by atoms with E-state index in [1.807, 2.05) is 0 Å². The predicted octanol–water partition coefficient (Wildman–Crippen LogP) is 1.60. The minimum Gasteiger partial charge on any atom is -0.300 e. The quantitative estimate of drug-likeness (QED) is 0.805. The third kappa shape index (κ3) is 2.96. The van der Waals surface area contributed by atoms with Crippen molar-refractivity contribution in [3.8, 4) is 0 Å². The number of nitrogens with zero attached hydrogens (tertiary/aromatic N) is 3. The van der Waals surface area contributed by atoms with Crippen molar-refractivity contribution in [3.05, 3.63) is 47.8 Å². The standard InChI is InChI=1S/C12H12FN3O/c1-9(17)7-10-4-6-16(15-10)8-12-11(13)3-2-5-14-12/h2-6H,7-8H2,1H3. The summed E-state index contributed by atoms with van der Waals surface area (Å²) in [5, 5.41) is 4.18. The van der Waals surface area contributed by atoms with Gasteiger partial charge in [0.05, 0.1) is 24.4 Å². The zero-order valence-corrected chi connectivity index (χ0v) is 9.43. The molecule has 0 saturated carbocycles. The Labute approximate surface area is 98.1 Å². The average molecular weight is 233 g/mol. The van der Waals surface area contributed by atoms with Crippen LogP contribution in [0.25, 0.3) is 0 Å². The van der Waals surface area contributed by atoms with Crippen LogP contribution < -0.4 is 0 Å². The van der Waals surface area contributed by atoms with Crippen molar-refractivity contribution in [2.75, 3.05) is 0 Å². The highest BCUT2D eigenvalue weighted by atomic mass is 19.1. The molecular formula is C12H12FN3O. The fraction of sp³-hybridized carbons (Fsp3) is 0.250. The molecule has 0 amide bonds. The molecule has 0 unspecified atom stereocenters. The third-order valence-corrected chi connectivity index (χ3v) is 2.27. The molecule has 0 aromatic carbocycles. The predicted molar refractivity (Wildman–Crippen MR) is 59.9 cm³/mol. The van der Waals surface area contributed by atoms with Crippen LogP contribution in [0.15, 0.2) is 30.6 Å². The van der Waals surface area contributed by atoms with Crippen LogP contribution in [0.2, 0.25) is 0 Å². The first kappa shape index (κ1) is 11.4. The Bertz CT molecular complexity index is 536. The molecule has 2 heterocycles. The summed E-state index contributed by atoms with van der Waals surface area (Å²) in [6, 6.07) is 4.66. The van der Waals surface area contributed by atoms with E-state index in [2.05, 4.69) is 10.1 Å². The van der Waals surface area contributed by atoms with E-state index >= 15 is 0 Å². The zero-order valence-electron chi connectivity index (χ0n) is 9.43. The second kappa shape index (κ2) is 4.86. The first-order valence-corrected chi connectivity index (χ1v) is 5.26. The first-order valence-electron chi connectivity index (χ1n) is 5.26. The molecule has 0 radical (unpaired) electrons. The zero-order chi connectivity index (χ0) is 12.3. The van der Waals surface area contributed by atoms with Gasteiger partial charge >= 0.3 is 0 Å². The SMILES string of the molecule is CC(=O)Cc1ccn(Cc2ncccc2F)n1. The molecule has 4 nitrogen and oxygen atoms in total. The molecule has 2 rings (SSSR count). The fourth-order valence-corrected chi connectivity index (χ4v) is 1.53. The Morgan fingerprint density at radius 1 is 1.47 bits per heavy atom. The molecule has 0 fully saturated rings. The summed E-state index contributed by atoms with van der Waals surface area (Å²) >= 11 is 0. The molecule has 0 aliphatic heterocycles. The lowest BCUT2D eigenvalue weighted by atomic mass is 10.2. The third-order valence-electron chi connectivity index (χ3n) is 2.27. The summed E-state index contributed by atoms with van der Waals surface area (Å²) in [4.78, 5) is 14.9. The lowest BCUT2D eigenvalue weighted by molar-refractivity contribution is -0.116. The topological polar surface area (TPSA) is 47.8 Å². The summed E-state index contributed by atoms with van der Waals surface area (Å²) in [7, 11) is 0. The number of ketones is 1. The van der Waals surface area contributed by atoms with E-state index in [-0.39, 0.29) is 18.1 Å². The van der Waals surface area contributed by atoms with Crippen LogP contribution in [0.3, 0.4) is 0 Å². The summed E-state index contributed by atoms with van der Waals surface area (Å²) in [6.07, 6.45) is 3.56. The molecule has 0 aliphatic rings. The Morgan fingerprint density at radius 3 is 3.00 bits per heavy atom. The van der Waals surface area contributed by atoms with Gasteiger partial charge in [0, 0.05) is 12.4 Å². The van der Waals surface area contributed by atoms with E-state index in [9.17, 15) is 9.18 Å². The second-order valence-corrected chi connectivity index (χ2v) is 3.82. The largest absolute Gasteiger partial charge is 0.300 e. The highest BCUT2D eigenvalue weighted by Gasteiger charge is 2.06. The molecule has 0 bridgehead atoms. The van der Waals surface area contributed by atoms with Crippen molar-refractivity contribution in [1.29, 1.82) is 0 Å². The number of carbonyl (C=O) groups is 1. The van der Waals surface area contributed by atoms with Crippen molar-refractivity contribution in [2.24, 2.45) is 0 Å². The number of hydrogen-bond donors (Lipinski definition) is 0. The van der Waals surface area contributed by atoms with Crippen molar-refractivity contribution < 1.29 is 9.18 Å². The number of rotatable bonds is 4. The van der Waals surface area contributed by atoms with Crippen molar-refractivity contribution >= 4 is 5.78 Å². The van der Waals surface area contributed by atoms with Crippen molar-refractivity contribution in [3.63, 3.8) is 0 Å². The van der Waals surface area contributed by atoms with Crippen LogP contribution in [0.1, 0.15) is 18.3 Å². The van der Waals surface area contributed by atoms with Gasteiger partial charge < -0.3 is 0 Å². The smallest absolute Gasteiger partial charge is 0.146 e. The van der Waals surface area contributed by atoms with Crippen LogP contribution in [0, 0.1) is 5.82 Å². The number of pyridine rings is 1. The number of hydrogen-bond acceptors (Lipinski definition) is 3. The van der Waals surface area contributed by atoms with Crippen LogP contribution in [0.5, 0.6) is 0 Å². The fourth-order valence-electron chi connectivity index (χ4n) is 1.53. The highest BCUT2D eigenvalue weighted by Crippen LogP contribution is 2.05. The van der Waals surface area contributed by atoms with Gasteiger partial charge in [-0.15, -0.1) is 0 Å². The van der Waals surface area contributed by atoms with Crippen LogP contribution in [-0.2, 0) is 17.8 Å². The Hall–Kier alpha value is -2.04. The lowest BCUT2D eigenvalue weighted by Crippen LogP contribution is -2.06. The molecule has 2 aromatic rings. The molecule has 2 aromatic heterocycles. The Morgan fingerprint density at radius 2 is 2.29 bits per heavy atom. The van der Waals surface area contributed by atoms with Gasteiger partial charge in [-0.1, -0.05) is 0 Å². The maximum atomic E-state index is 13.3. The van der Waals surface area contributed by atoms with Gasteiger partial charge in [0.15, 0.2) is 0 Å². The molecule has 0 saturated heterocycles. The molecular weight excluding hydrogens is 221 g/mol. The summed E-state index contributed by atoms with van der Waals surface area (Å²) < 4.78 is 14.9. The molecule has 5 heteroatoms. The van der Waals surface area contributed by atoms with E-state index in [0.717, 1.165) is 0 Å².